The van der Waals surface area contributed by atoms with Gasteiger partial charge in [-0.15, -0.1) is 35.0 Å². The number of thioether (sulfide) groups is 1. The van der Waals surface area contributed by atoms with Crippen LogP contribution in [0.4, 0.5) is 0 Å². The molecule has 1 aliphatic rings. The third-order valence-electron chi connectivity index (χ3n) is 10.9. The Kier molecular flexibility index (Phi) is 39.9. The zero-order valence-corrected chi connectivity index (χ0v) is 43.4. The summed E-state index contributed by atoms with van der Waals surface area (Å²) in [6.07, 6.45) is 15.5. The molecule has 408 valence electrons. The van der Waals surface area contributed by atoms with E-state index in [9.17, 15) is 53.4 Å². The summed E-state index contributed by atoms with van der Waals surface area (Å²) in [6, 6.07) is -2.60. The third-order valence-corrected chi connectivity index (χ3v) is 12.7. The van der Waals surface area contributed by atoms with Crippen LogP contribution in [0, 0.1) is 0 Å². The number of nitrogens with one attached hydrogen (secondary N) is 6. The van der Waals surface area contributed by atoms with Crippen LogP contribution >= 0.6 is 35.0 Å². The number of hydrogen-bond acceptors (Lipinski definition) is 14. The molecule has 1 saturated carbocycles. The first kappa shape index (κ1) is 65.0. The average Bonchev–Trinajstić information content (AvgIpc) is 3.34. The summed E-state index contributed by atoms with van der Waals surface area (Å²) in [4.78, 5) is 111. The van der Waals surface area contributed by atoms with Gasteiger partial charge in [0.25, 0.3) is 0 Å². The van der Waals surface area contributed by atoms with E-state index in [1.807, 2.05) is 0 Å². The summed E-state index contributed by atoms with van der Waals surface area (Å²) >= 11 is 12.8. The predicted octanol–water partition coefficient (Wildman–Crippen LogP) is 1.71. The molecule has 1 rings (SSSR count). The molecule has 8 N–H and O–H groups in total. The van der Waals surface area contributed by atoms with E-state index < -0.39 is 79.1 Å². The summed E-state index contributed by atoms with van der Waals surface area (Å²) in [7, 11) is 0. The Hall–Kier alpha value is -4.00. The highest BCUT2D eigenvalue weighted by atomic mass is 35.5. The number of rotatable bonds is 37. The van der Waals surface area contributed by atoms with E-state index in [1.54, 1.807) is 11.8 Å². The highest BCUT2D eigenvalue weighted by Gasteiger charge is 2.27. The van der Waals surface area contributed by atoms with E-state index in [1.165, 1.54) is 75.5 Å². The Morgan fingerprint density at radius 2 is 0.930 bits per heavy atom. The van der Waals surface area contributed by atoms with Gasteiger partial charge < -0.3 is 66.0 Å². The van der Waals surface area contributed by atoms with E-state index >= 15 is 0 Å². The first-order valence-electron chi connectivity index (χ1n) is 24.7. The molecule has 22 nitrogen and oxygen atoms in total. The number of nitrogens with zero attached hydrogens (tertiary/aromatic N) is 1. The van der Waals surface area contributed by atoms with Gasteiger partial charge in [0.15, 0.2) is 0 Å². The van der Waals surface area contributed by atoms with Crippen molar-refractivity contribution in [2.75, 3.05) is 110 Å². The van der Waals surface area contributed by atoms with Crippen molar-refractivity contribution in [2.45, 2.75) is 126 Å². The smallest absolute Gasteiger partial charge is 0.326 e. The number of alkyl halides is 2. The van der Waals surface area contributed by atoms with Crippen LogP contribution in [0.2, 0.25) is 0 Å². The SMILES string of the molecule is O=C(O)CC[C@@H](NC(=O)COCCOCCNC(=O)CCC(NC(=O)COCCOCCNC(=O)CSC1CCCCCCCCCCCCC1)C(=O)O)C(=O)N(CCNC(=O)CCl)CCNC(=O)CCl. The van der Waals surface area contributed by atoms with Crippen LogP contribution in [0.25, 0.3) is 0 Å². The van der Waals surface area contributed by atoms with Gasteiger partial charge in [-0.2, -0.15) is 0 Å². The molecule has 0 spiro atoms. The van der Waals surface area contributed by atoms with Crippen LogP contribution < -0.4 is 31.9 Å². The number of ether oxygens (including phenoxy) is 4. The van der Waals surface area contributed by atoms with Crippen LogP contribution in [0.5, 0.6) is 0 Å². The number of carbonyl (C=O) groups is 9. The molecule has 0 aromatic carbocycles. The number of carbonyl (C=O) groups excluding carboxylic acids is 7. The fraction of sp³-hybridized carbons (Fsp3) is 0.804. The number of hydrogen-bond donors (Lipinski definition) is 8. The molecule has 0 heterocycles. The summed E-state index contributed by atoms with van der Waals surface area (Å²) in [5.74, 6) is -6.23. The van der Waals surface area contributed by atoms with Gasteiger partial charge in [0, 0.05) is 57.4 Å². The molecular formula is C46H79Cl2N7O15S. The van der Waals surface area contributed by atoms with Crippen LogP contribution in [0.1, 0.15) is 109 Å². The number of halogens is 2. The van der Waals surface area contributed by atoms with Crippen LogP contribution in [-0.4, -0.2) is 195 Å². The van der Waals surface area contributed by atoms with Gasteiger partial charge in [0.2, 0.25) is 41.4 Å². The topological polar surface area (TPSA) is 306 Å². The molecule has 0 aromatic rings. The van der Waals surface area contributed by atoms with E-state index in [0.29, 0.717) is 17.5 Å². The van der Waals surface area contributed by atoms with Gasteiger partial charge in [-0.25, -0.2) is 4.79 Å². The quantitative estimate of drug-likeness (QED) is 0.0325. The largest absolute Gasteiger partial charge is 0.481 e. The zero-order valence-electron chi connectivity index (χ0n) is 41.1. The van der Waals surface area contributed by atoms with Gasteiger partial charge in [0.1, 0.15) is 37.1 Å². The lowest BCUT2D eigenvalue weighted by Gasteiger charge is -2.28. The summed E-state index contributed by atoms with van der Waals surface area (Å²) in [5, 5.41) is 34.6. The average molecular weight is 1070 g/mol. The lowest BCUT2D eigenvalue weighted by Crippen LogP contribution is -2.52. The van der Waals surface area contributed by atoms with Gasteiger partial charge in [-0.3, -0.25) is 38.4 Å². The first-order valence-corrected chi connectivity index (χ1v) is 26.8. The summed E-state index contributed by atoms with van der Waals surface area (Å²) in [6.45, 7) is -0.0527. The van der Waals surface area contributed by atoms with Crippen molar-refractivity contribution in [2.24, 2.45) is 0 Å². The highest BCUT2D eigenvalue weighted by Crippen LogP contribution is 2.25. The number of amides is 7. The minimum absolute atomic E-state index is 0.00214. The van der Waals surface area contributed by atoms with Crippen molar-refractivity contribution in [1.82, 2.24) is 36.8 Å². The Morgan fingerprint density at radius 1 is 0.507 bits per heavy atom. The first-order chi connectivity index (χ1) is 34.2. The van der Waals surface area contributed by atoms with Crippen molar-refractivity contribution >= 4 is 88.3 Å². The highest BCUT2D eigenvalue weighted by molar-refractivity contribution is 8.00. The third kappa shape index (κ3) is 37.4. The van der Waals surface area contributed by atoms with Crippen molar-refractivity contribution in [1.29, 1.82) is 0 Å². The monoisotopic (exact) mass is 1070 g/mol. The van der Waals surface area contributed by atoms with E-state index in [-0.39, 0.29) is 109 Å². The van der Waals surface area contributed by atoms with Crippen molar-refractivity contribution in [3.8, 4) is 0 Å². The summed E-state index contributed by atoms with van der Waals surface area (Å²) < 4.78 is 21.5. The molecule has 1 aliphatic carbocycles. The molecular weight excluding hydrogens is 994 g/mol. The maximum Gasteiger partial charge on any atom is 0.326 e. The minimum atomic E-state index is -1.33. The molecule has 71 heavy (non-hydrogen) atoms. The Balaban J connectivity index is 2.27. The second kappa shape index (κ2) is 43.6. The molecule has 0 saturated heterocycles. The Bertz CT molecular complexity index is 1540. The standard InChI is InChI=1S/C46H79Cl2N7O15S/c47-30-39(57)49-18-22-55(23-19-50-40(58)31-48)45(64)36(15-17-44(62)63)53-41(59)32-69-28-26-67-24-20-51-38(56)16-14-37(46(65)66)54-42(60)33-70-29-27-68-25-21-52-43(61)34-71-35-12-10-8-6-4-2-1-3-5-7-9-11-13-35/h35-37H,1-34H2,(H,49,57)(H,50,58)(H,51,56)(H,52,61)(H,53,59)(H,54,60)(H,62,63)(H,65,66)/t36-,37?/m1/s1. The predicted molar refractivity (Wildman–Crippen MR) is 267 cm³/mol. The lowest BCUT2D eigenvalue weighted by atomic mass is 10.0. The van der Waals surface area contributed by atoms with Crippen molar-refractivity contribution < 1.29 is 72.3 Å². The lowest BCUT2D eigenvalue weighted by molar-refractivity contribution is -0.143. The van der Waals surface area contributed by atoms with E-state index in [2.05, 4.69) is 31.9 Å². The molecule has 1 unspecified atom stereocenters. The number of carboxylic acid groups (broad SMARTS) is 2. The normalized spacial score (nSPS) is 14.7. The summed E-state index contributed by atoms with van der Waals surface area (Å²) in [5.41, 5.74) is 0. The zero-order chi connectivity index (χ0) is 52.3. The van der Waals surface area contributed by atoms with E-state index in [0.717, 1.165) is 12.8 Å². The minimum Gasteiger partial charge on any atom is -0.481 e. The molecule has 0 bridgehead atoms. The number of aliphatic carboxylic acids is 2. The molecule has 25 heteroatoms. The van der Waals surface area contributed by atoms with Crippen LogP contribution in [-0.2, 0) is 62.1 Å². The molecule has 0 aliphatic heterocycles. The molecule has 0 aromatic heterocycles. The molecule has 1 fully saturated rings. The molecule has 0 radical (unpaired) electrons. The molecule has 7 amide bonds. The number of carboxylic acids is 2. The second-order valence-electron chi connectivity index (χ2n) is 16.8. The van der Waals surface area contributed by atoms with Crippen molar-refractivity contribution in [3.63, 3.8) is 0 Å². The van der Waals surface area contributed by atoms with E-state index in [4.69, 9.17) is 42.1 Å². The molecule has 2 atom stereocenters. The van der Waals surface area contributed by atoms with Gasteiger partial charge in [0.05, 0.1) is 45.4 Å². The van der Waals surface area contributed by atoms with Gasteiger partial charge in [-0.1, -0.05) is 70.6 Å². The van der Waals surface area contributed by atoms with Gasteiger partial charge in [-0.05, 0) is 25.7 Å². The second-order valence-corrected chi connectivity index (χ2v) is 18.6. The maximum absolute atomic E-state index is 13.4. The maximum atomic E-state index is 13.4. The van der Waals surface area contributed by atoms with Crippen LogP contribution in [0.3, 0.4) is 0 Å². The van der Waals surface area contributed by atoms with Crippen molar-refractivity contribution in [3.05, 3.63) is 0 Å². The van der Waals surface area contributed by atoms with Crippen LogP contribution in [0.15, 0.2) is 0 Å². The fourth-order valence-corrected chi connectivity index (χ4v) is 8.46. The van der Waals surface area contributed by atoms with Gasteiger partial charge >= 0.3 is 11.9 Å². The Morgan fingerprint density at radius 3 is 1.39 bits per heavy atom. The Labute approximate surface area is 431 Å². The fourth-order valence-electron chi connectivity index (χ4n) is 7.11.